The van der Waals surface area contributed by atoms with Gasteiger partial charge in [0.15, 0.2) is 0 Å². The van der Waals surface area contributed by atoms with Crippen molar-refractivity contribution >= 4 is 12.0 Å². The Hall–Kier alpha value is -2.62. The maximum absolute atomic E-state index is 12.5. The van der Waals surface area contributed by atoms with Gasteiger partial charge in [-0.3, -0.25) is 9.63 Å². The average Bonchev–Trinajstić information content (AvgIpc) is 2.83. The molecule has 2 amide bonds. The Morgan fingerprint density at radius 2 is 1.59 bits per heavy atom. The highest BCUT2D eigenvalue weighted by Gasteiger charge is 2.27. The zero-order valence-electron chi connectivity index (χ0n) is 23.0. The van der Waals surface area contributed by atoms with Crippen molar-refractivity contribution in [1.29, 1.82) is 0 Å². The molecule has 1 rings (SSSR count). The number of nitrogens with zero attached hydrogens (tertiary/aromatic N) is 1. The van der Waals surface area contributed by atoms with Crippen LogP contribution in [0.4, 0.5) is 4.79 Å². The fourth-order valence-corrected chi connectivity index (χ4v) is 2.07. The van der Waals surface area contributed by atoms with Crippen LogP contribution in [0.1, 0.15) is 54.0 Å². The predicted molar refractivity (Wildman–Crippen MR) is 138 cm³/mol. The molecule has 34 heavy (non-hydrogen) atoms. The molecule has 9 heteroatoms. The molecule has 0 heterocycles. The molecule has 1 atom stereocenters. The van der Waals surface area contributed by atoms with Gasteiger partial charge >= 0.3 is 6.09 Å². The van der Waals surface area contributed by atoms with E-state index in [0.29, 0.717) is 12.4 Å². The van der Waals surface area contributed by atoms with Crippen molar-refractivity contribution in [2.75, 3.05) is 34.9 Å². The van der Waals surface area contributed by atoms with E-state index >= 15 is 0 Å². The highest BCUT2D eigenvalue weighted by atomic mass is 16.7. The van der Waals surface area contributed by atoms with Gasteiger partial charge in [0.25, 0.3) is 5.91 Å². The van der Waals surface area contributed by atoms with Gasteiger partial charge in [0.2, 0.25) is 0 Å². The molecule has 0 aliphatic rings. The number of hydroxylamine groups is 3. The zero-order chi connectivity index (χ0) is 27.2. The lowest BCUT2D eigenvalue weighted by Crippen LogP contribution is -2.49. The van der Waals surface area contributed by atoms with Gasteiger partial charge in [0, 0.05) is 20.5 Å². The van der Waals surface area contributed by atoms with E-state index in [4.69, 9.17) is 14.3 Å². The quantitative estimate of drug-likeness (QED) is 0.392. The van der Waals surface area contributed by atoms with Crippen LogP contribution in [0.2, 0.25) is 0 Å². The van der Waals surface area contributed by atoms with Gasteiger partial charge in [-0.05, 0) is 38.5 Å². The van der Waals surface area contributed by atoms with Crippen LogP contribution < -0.4 is 15.5 Å². The average molecular weight is 486 g/mol. The summed E-state index contributed by atoms with van der Waals surface area (Å²) in [5.74, 6) is 0.316. The van der Waals surface area contributed by atoms with Crippen LogP contribution in [0.15, 0.2) is 36.9 Å². The molecule has 0 bridgehead atoms. The van der Waals surface area contributed by atoms with E-state index in [1.807, 2.05) is 39.8 Å². The van der Waals surface area contributed by atoms with Crippen molar-refractivity contribution < 1.29 is 28.7 Å². The van der Waals surface area contributed by atoms with Gasteiger partial charge in [0.05, 0.1) is 14.2 Å². The van der Waals surface area contributed by atoms with Crippen molar-refractivity contribution in [3.8, 4) is 5.75 Å². The smallest absolute Gasteiger partial charge is 0.408 e. The molecule has 0 aromatic heterocycles. The standard InChI is InChI=1S/C19H28N2O5.C2H7NO.2C2H6/c1-7-12-25-15-10-8-14(9-11-15)13-16(17(22)21(5)24-6)20-18(23)26-19(2,3)4;1-3-4-2;2*1-2/h7-11,16H,1,12-13H2,2-6H3,(H,20,23);3H,1-2H3;2*1-2H3. The number of carbonyl (C=O) groups is 2. The minimum Gasteiger partial charge on any atom is -0.490 e. The second-order valence-corrected chi connectivity index (χ2v) is 7.07. The molecule has 2 N–H and O–H groups in total. The van der Waals surface area contributed by atoms with Gasteiger partial charge in [0.1, 0.15) is 24.0 Å². The van der Waals surface area contributed by atoms with E-state index in [0.717, 1.165) is 10.6 Å². The lowest BCUT2D eigenvalue weighted by Gasteiger charge is -2.25. The highest BCUT2D eigenvalue weighted by Crippen LogP contribution is 2.15. The molecule has 0 aliphatic carbocycles. The molecule has 0 spiro atoms. The summed E-state index contributed by atoms with van der Waals surface area (Å²) < 4.78 is 10.7. The summed E-state index contributed by atoms with van der Waals surface area (Å²) in [4.78, 5) is 33.8. The Morgan fingerprint density at radius 1 is 1.09 bits per heavy atom. The number of benzene rings is 1. The van der Waals surface area contributed by atoms with Crippen LogP contribution in [0.25, 0.3) is 0 Å². The number of ether oxygens (including phenoxy) is 2. The number of carbonyl (C=O) groups excluding carboxylic acids is 2. The number of hydrogen-bond donors (Lipinski definition) is 2. The largest absolute Gasteiger partial charge is 0.490 e. The van der Waals surface area contributed by atoms with E-state index < -0.39 is 17.7 Å². The summed E-state index contributed by atoms with van der Waals surface area (Å²) in [7, 11) is 6.15. The fraction of sp³-hybridized carbons (Fsp3) is 0.600. The SMILES string of the molecule is C=CCOc1ccc(CC(NC(=O)OC(C)(C)C)C(=O)N(C)OC)cc1.CC.CC.CNOC. The van der Waals surface area contributed by atoms with Gasteiger partial charge in [-0.15, -0.1) is 0 Å². The topological polar surface area (TPSA) is 98.4 Å². The first-order valence-electron chi connectivity index (χ1n) is 11.4. The lowest BCUT2D eigenvalue weighted by molar-refractivity contribution is -0.171. The molecule has 1 aromatic carbocycles. The zero-order valence-corrected chi connectivity index (χ0v) is 23.0. The summed E-state index contributed by atoms with van der Waals surface area (Å²) in [6, 6.07) is 6.45. The number of rotatable bonds is 9. The molecular formula is C25H47N3O6. The van der Waals surface area contributed by atoms with E-state index in [1.54, 1.807) is 53.1 Å². The van der Waals surface area contributed by atoms with Crippen LogP contribution in [-0.4, -0.2) is 63.6 Å². The Bertz CT molecular complexity index is 643. The fourth-order valence-electron chi connectivity index (χ4n) is 2.07. The van der Waals surface area contributed by atoms with Crippen molar-refractivity contribution in [1.82, 2.24) is 15.9 Å². The van der Waals surface area contributed by atoms with Crippen molar-refractivity contribution in [2.45, 2.75) is 66.5 Å². The summed E-state index contributed by atoms with van der Waals surface area (Å²) in [5.41, 5.74) is 2.63. The molecule has 1 aromatic rings. The van der Waals surface area contributed by atoms with Crippen LogP contribution in [-0.2, 0) is 25.6 Å². The number of alkyl carbamates (subject to hydrolysis) is 1. The Morgan fingerprint density at radius 3 is 1.97 bits per heavy atom. The molecule has 0 fully saturated rings. The van der Waals surface area contributed by atoms with Gasteiger partial charge in [-0.25, -0.2) is 15.3 Å². The normalized spacial score (nSPS) is 10.4. The summed E-state index contributed by atoms with van der Waals surface area (Å²) in [5, 5.41) is 3.68. The molecule has 0 saturated heterocycles. The first-order chi connectivity index (χ1) is 16.1. The molecule has 1 unspecified atom stereocenters. The van der Waals surface area contributed by atoms with E-state index in [1.165, 1.54) is 14.2 Å². The van der Waals surface area contributed by atoms with Crippen LogP contribution in [0, 0.1) is 0 Å². The van der Waals surface area contributed by atoms with E-state index in [-0.39, 0.29) is 12.3 Å². The molecular weight excluding hydrogens is 438 g/mol. The van der Waals surface area contributed by atoms with Crippen LogP contribution >= 0.6 is 0 Å². The van der Waals surface area contributed by atoms with E-state index in [9.17, 15) is 9.59 Å². The summed E-state index contributed by atoms with van der Waals surface area (Å²) >= 11 is 0. The van der Waals surface area contributed by atoms with Crippen molar-refractivity contribution in [2.24, 2.45) is 0 Å². The van der Waals surface area contributed by atoms with Gasteiger partial charge < -0.3 is 19.6 Å². The number of nitrogens with one attached hydrogen (secondary N) is 2. The molecule has 0 aliphatic heterocycles. The van der Waals surface area contributed by atoms with Crippen molar-refractivity contribution in [3.05, 3.63) is 42.5 Å². The lowest BCUT2D eigenvalue weighted by atomic mass is 10.1. The number of hydrogen-bond acceptors (Lipinski definition) is 7. The predicted octanol–water partition coefficient (Wildman–Crippen LogP) is 4.53. The van der Waals surface area contributed by atoms with Gasteiger partial charge in [-0.2, -0.15) is 0 Å². The summed E-state index contributed by atoms with van der Waals surface area (Å²) in [6.45, 7) is 17.3. The third-order valence-corrected chi connectivity index (χ3v) is 3.51. The number of amides is 2. The molecule has 0 radical (unpaired) electrons. The van der Waals surface area contributed by atoms with Crippen molar-refractivity contribution in [3.63, 3.8) is 0 Å². The minimum atomic E-state index is -0.824. The Kier molecular flexibility index (Phi) is 23.5. The summed E-state index contributed by atoms with van der Waals surface area (Å²) in [6.07, 6.45) is 1.29. The van der Waals surface area contributed by atoms with Gasteiger partial charge in [-0.1, -0.05) is 52.5 Å². The maximum atomic E-state index is 12.5. The second kappa shape index (κ2) is 22.2. The monoisotopic (exact) mass is 485 g/mol. The van der Waals surface area contributed by atoms with Crippen LogP contribution in [0.5, 0.6) is 5.75 Å². The molecule has 9 nitrogen and oxygen atoms in total. The van der Waals surface area contributed by atoms with Crippen LogP contribution in [0.3, 0.4) is 0 Å². The second-order valence-electron chi connectivity index (χ2n) is 7.07. The Labute approximate surface area is 206 Å². The first kappa shape index (κ1) is 36.0. The molecule has 0 saturated carbocycles. The maximum Gasteiger partial charge on any atom is 0.408 e. The molecule has 198 valence electrons. The third-order valence-electron chi connectivity index (χ3n) is 3.51. The number of likely N-dealkylation sites (N-methyl/N-ethyl adjacent to an activating group) is 1. The minimum absolute atomic E-state index is 0.285. The van der Waals surface area contributed by atoms with E-state index in [2.05, 4.69) is 22.2 Å². The highest BCUT2D eigenvalue weighted by molar-refractivity contribution is 5.85. The third kappa shape index (κ3) is 18.9. The first-order valence-corrected chi connectivity index (χ1v) is 11.4. The Balaban J connectivity index is -0.00000106.